The second kappa shape index (κ2) is 50.3. The highest BCUT2D eigenvalue weighted by atomic mass is 16.7. The van der Waals surface area contributed by atoms with E-state index in [0.717, 1.165) is 38.5 Å². The van der Waals surface area contributed by atoms with Crippen molar-refractivity contribution in [1.29, 1.82) is 0 Å². The Balaban J connectivity index is 1.64. The summed E-state index contributed by atoms with van der Waals surface area (Å²) in [5, 5.41) is 87.1. The molecule has 0 aromatic rings. The van der Waals surface area contributed by atoms with Crippen LogP contribution in [0, 0.1) is 0 Å². The maximum absolute atomic E-state index is 13.3. The lowest BCUT2D eigenvalue weighted by atomic mass is 9.97. The molecule has 2 fully saturated rings. The molecule has 78 heavy (non-hydrogen) atoms. The Hall–Kier alpha value is -1.27. The standard InChI is InChI=1S/C64H123NO13/c1-3-5-7-9-11-13-15-17-19-20-21-22-23-24-25-26-27-28-29-30-31-32-33-34-36-38-40-42-44-46-48-56(69)65-52(53(68)47-45-43-41-39-37-35-18-16-14-12-10-8-6-4-2)51-75-63-61(74)59(72)62(55(50-67)77-63)78-64-60(73)58(71)57(70)54(49-66)76-64/h45,47,52-55,57-64,66-68,70-74H,3-44,46,48-51H2,1-2H3,(H,65,69)/b47-45+. The van der Waals surface area contributed by atoms with Crippen molar-refractivity contribution in [2.45, 2.75) is 370 Å². The van der Waals surface area contributed by atoms with Gasteiger partial charge in [-0.15, -0.1) is 0 Å². The van der Waals surface area contributed by atoms with Gasteiger partial charge in [0, 0.05) is 6.42 Å². The van der Waals surface area contributed by atoms with Crippen LogP contribution in [0.2, 0.25) is 0 Å². The average Bonchev–Trinajstić information content (AvgIpc) is 3.48. The Bertz CT molecular complexity index is 1360. The number of unbranched alkanes of at least 4 members (excludes halogenated alkanes) is 41. The Morgan fingerprint density at radius 3 is 1.18 bits per heavy atom. The highest BCUT2D eigenvalue weighted by molar-refractivity contribution is 5.76. The van der Waals surface area contributed by atoms with Gasteiger partial charge in [-0.1, -0.05) is 283 Å². The molecule has 12 atom stereocenters. The second-order valence-corrected chi connectivity index (χ2v) is 23.6. The molecule has 462 valence electrons. The number of carbonyl (C=O) groups excluding carboxylic acids is 1. The Morgan fingerprint density at radius 1 is 0.449 bits per heavy atom. The Kier molecular flexibility index (Phi) is 46.9. The molecule has 9 N–H and O–H groups in total. The first kappa shape index (κ1) is 72.8. The third-order valence-electron chi connectivity index (χ3n) is 16.5. The summed E-state index contributed by atoms with van der Waals surface area (Å²) in [6.45, 7) is 2.83. The van der Waals surface area contributed by atoms with Gasteiger partial charge in [0.05, 0.1) is 32.0 Å². The molecule has 2 aliphatic heterocycles. The topological polar surface area (TPSA) is 228 Å². The van der Waals surface area contributed by atoms with E-state index in [-0.39, 0.29) is 18.9 Å². The molecule has 14 heteroatoms. The summed E-state index contributed by atoms with van der Waals surface area (Å²) in [5.74, 6) is -0.233. The fourth-order valence-corrected chi connectivity index (χ4v) is 11.2. The molecular formula is C64H123NO13. The van der Waals surface area contributed by atoms with Crippen LogP contribution in [-0.2, 0) is 23.7 Å². The van der Waals surface area contributed by atoms with E-state index in [1.807, 2.05) is 6.08 Å². The predicted octanol–water partition coefficient (Wildman–Crippen LogP) is 12.2. The van der Waals surface area contributed by atoms with Gasteiger partial charge in [-0.2, -0.15) is 0 Å². The van der Waals surface area contributed by atoms with Crippen LogP contribution < -0.4 is 5.32 Å². The van der Waals surface area contributed by atoms with Crippen molar-refractivity contribution in [3.63, 3.8) is 0 Å². The molecule has 12 unspecified atom stereocenters. The average molecular weight is 1110 g/mol. The van der Waals surface area contributed by atoms with E-state index in [1.54, 1.807) is 6.08 Å². The lowest BCUT2D eigenvalue weighted by molar-refractivity contribution is -0.359. The van der Waals surface area contributed by atoms with Crippen molar-refractivity contribution in [2.24, 2.45) is 0 Å². The molecule has 0 saturated carbocycles. The normalized spacial score (nSPS) is 24.5. The van der Waals surface area contributed by atoms with Crippen LogP contribution in [0.1, 0.15) is 296 Å². The number of allylic oxidation sites excluding steroid dienone is 1. The summed E-state index contributed by atoms with van der Waals surface area (Å²) in [6, 6.07) is -0.909. The number of rotatable bonds is 54. The lowest BCUT2D eigenvalue weighted by Gasteiger charge is -2.46. The largest absolute Gasteiger partial charge is 0.394 e. The van der Waals surface area contributed by atoms with E-state index in [1.165, 1.54) is 231 Å². The van der Waals surface area contributed by atoms with Crippen LogP contribution in [0.5, 0.6) is 0 Å². The molecular weight excluding hydrogens is 991 g/mol. The molecule has 0 aliphatic carbocycles. The van der Waals surface area contributed by atoms with Crippen molar-refractivity contribution in [3.05, 3.63) is 12.2 Å². The fraction of sp³-hybridized carbons (Fsp3) is 0.953. The van der Waals surface area contributed by atoms with Crippen LogP contribution in [0.4, 0.5) is 0 Å². The van der Waals surface area contributed by atoms with Gasteiger partial charge in [0.15, 0.2) is 12.6 Å². The summed E-state index contributed by atoms with van der Waals surface area (Å²) in [7, 11) is 0. The SMILES string of the molecule is CCCCCCCCCCCCCC/C=C/C(O)C(COC1OC(CO)C(OC2OC(CO)C(O)C(O)C2O)C(O)C1O)NC(=O)CCCCCCCCCCCCCCCCCCCCCCCCCCCCCCCC. The predicted molar refractivity (Wildman–Crippen MR) is 314 cm³/mol. The highest BCUT2D eigenvalue weighted by Crippen LogP contribution is 2.30. The van der Waals surface area contributed by atoms with Gasteiger partial charge in [0.25, 0.3) is 0 Å². The first-order valence-electron chi connectivity index (χ1n) is 32.9. The minimum atomic E-state index is -1.79. The van der Waals surface area contributed by atoms with Crippen LogP contribution >= 0.6 is 0 Å². The van der Waals surface area contributed by atoms with E-state index in [0.29, 0.717) is 6.42 Å². The van der Waals surface area contributed by atoms with E-state index in [2.05, 4.69) is 19.2 Å². The first-order chi connectivity index (χ1) is 38.1. The number of hydrogen-bond acceptors (Lipinski definition) is 13. The zero-order valence-corrected chi connectivity index (χ0v) is 49.9. The zero-order valence-electron chi connectivity index (χ0n) is 49.9. The van der Waals surface area contributed by atoms with Gasteiger partial charge in [0.1, 0.15) is 48.8 Å². The number of hydrogen-bond donors (Lipinski definition) is 9. The Morgan fingerprint density at radius 2 is 0.795 bits per heavy atom. The van der Waals surface area contributed by atoms with Crippen molar-refractivity contribution >= 4 is 5.91 Å². The van der Waals surface area contributed by atoms with Crippen molar-refractivity contribution in [2.75, 3.05) is 19.8 Å². The molecule has 0 spiro atoms. The van der Waals surface area contributed by atoms with Gasteiger partial charge >= 0.3 is 0 Å². The summed E-state index contributed by atoms with van der Waals surface area (Å²) < 4.78 is 22.8. The minimum Gasteiger partial charge on any atom is -0.394 e. The summed E-state index contributed by atoms with van der Waals surface area (Å²) >= 11 is 0. The quantitative estimate of drug-likeness (QED) is 0.0204. The summed E-state index contributed by atoms with van der Waals surface area (Å²) in [4.78, 5) is 13.3. The van der Waals surface area contributed by atoms with Gasteiger partial charge in [-0.05, 0) is 19.3 Å². The van der Waals surface area contributed by atoms with Gasteiger partial charge < -0.3 is 65.1 Å². The molecule has 0 radical (unpaired) electrons. The van der Waals surface area contributed by atoms with Crippen LogP contribution in [0.25, 0.3) is 0 Å². The molecule has 2 heterocycles. The summed E-state index contributed by atoms with van der Waals surface area (Å²) in [5.41, 5.74) is 0. The highest BCUT2D eigenvalue weighted by Gasteiger charge is 2.51. The van der Waals surface area contributed by atoms with E-state index in [9.17, 15) is 45.6 Å². The van der Waals surface area contributed by atoms with E-state index in [4.69, 9.17) is 18.9 Å². The maximum Gasteiger partial charge on any atom is 0.220 e. The lowest BCUT2D eigenvalue weighted by Crippen LogP contribution is -2.65. The third-order valence-corrected chi connectivity index (χ3v) is 16.5. The van der Waals surface area contributed by atoms with Gasteiger partial charge in [0.2, 0.25) is 5.91 Å². The number of aliphatic hydroxyl groups is 8. The van der Waals surface area contributed by atoms with Gasteiger partial charge in [-0.25, -0.2) is 0 Å². The van der Waals surface area contributed by atoms with Crippen LogP contribution in [-0.4, -0.2) is 140 Å². The molecule has 0 bridgehead atoms. The molecule has 0 aromatic heterocycles. The number of aliphatic hydroxyl groups excluding tert-OH is 8. The minimum absolute atomic E-state index is 0.233. The molecule has 14 nitrogen and oxygen atoms in total. The third kappa shape index (κ3) is 35.0. The monoisotopic (exact) mass is 1110 g/mol. The van der Waals surface area contributed by atoms with Gasteiger partial charge in [-0.3, -0.25) is 4.79 Å². The molecule has 0 aromatic carbocycles. The zero-order chi connectivity index (χ0) is 56.7. The van der Waals surface area contributed by atoms with Crippen LogP contribution in [0.15, 0.2) is 12.2 Å². The van der Waals surface area contributed by atoms with Crippen molar-refractivity contribution in [3.8, 4) is 0 Å². The number of amides is 1. The number of nitrogens with one attached hydrogen (secondary N) is 1. The smallest absolute Gasteiger partial charge is 0.220 e. The van der Waals surface area contributed by atoms with E-state index < -0.39 is 86.8 Å². The van der Waals surface area contributed by atoms with E-state index >= 15 is 0 Å². The maximum atomic E-state index is 13.3. The van der Waals surface area contributed by atoms with Crippen molar-refractivity contribution in [1.82, 2.24) is 5.32 Å². The second-order valence-electron chi connectivity index (χ2n) is 23.6. The van der Waals surface area contributed by atoms with Crippen LogP contribution in [0.3, 0.4) is 0 Å². The number of carbonyl (C=O) groups is 1. The van der Waals surface area contributed by atoms with Crippen molar-refractivity contribution < 1.29 is 64.6 Å². The Labute approximate surface area is 476 Å². The molecule has 1 amide bonds. The molecule has 2 saturated heterocycles. The molecule has 2 aliphatic rings. The molecule has 2 rings (SSSR count). The summed E-state index contributed by atoms with van der Waals surface area (Å²) in [6.07, 6.45) is 42.8. The first-order valence-corrected chi connectivity index (χ1v) is 32.9. The number of ether oxygens (including phenoxy) is 4. The fourth-order valence-electron chi connectivity index (χ4n) is 11.2.